The predicted octanol–water partition coefficient (Wildman–Crippen LogP) is 5.30. The van der Waals surface area contributed by atoms with Crippen LogP contribution in [0.1, 0.15) is 53.0 Å². The molecule has 4 heteroatoms. The molecule has 0 aliphatic heterocycles. The largest absolute Gasteiger partial charge is 0.348 e. The first kappa shape index (κ1) is 19.9. The van der Waals surface area contributed by atoms with Gasteiger partial charge in [0.05, 0.1) is 11.4 Å². The summed E-state index contributed by atoms with van der Waals surface area (Å²) in [5, 5.41) is 7.89. The molecule has 0 saturated carbocycles. The highest BCUT2D eigenvalue weighted by Gasteiger charge is 2.20. The van der Waals surface area contributed by atoms with Gasteiger partial charge in [0.2, 0.25) is 0 Å². The van der Waals surface area contributed by atoms with E-state index in [1.165, 1.54) is 16.7 Å². The molecule has 1 heterocycles. The second kappa shape index (κ2) is 8.01. The van der Waals surface area contributed by atoms with Crippen LogP contribution in [0.25, 0.3) is 16.9 Å². The fourth-order valence-corrected chi connectivity index (χ4v) is 3.21. The molecule has 1 N–H and O–H groups in total. The lowest BCUT2D eigenvalue weighted by molar-refractivity contribution is 0.0931. The number of benzene rings is 2. The Kier molecular flexibility index (Phi) is 5.68. The second-order valence-electron chi connectivity index (χ2n) is 7.70. The maximum Gasteiger partial charge on any atom is 0.270 e. The molecule has 0 fully saturated rings. The number of carbonyl (C=O) groups is 1. The van der Waals surface area contributed by atoms with Crippen LogP contribution >= 0.6 is 0 Å². The van der Waals surface area contributed by atoms with E-state index in [-0.39, 0.29) is 11.9 Å². The van der Waals surface area contributed by atoms with Gasteiger partial charge in [0, 0.05) is 11.6 Å². The third-order valence-electron chi connectivity index (χ3n) is 5.32. The van der Waals surface area contributed by atoms with E-state index in [0.29, 0.717) is 5.69 Å². The summed E-state index contributed by atoms with van der Waals surface area (Å²) in [4.78, 5) is 13.0. The van der Waals surface area contributed by atoms with Gasteiger partial charge in [-0.1, -0.05) is 36.8 Å². The van der Waals surface area contributed by atoms with Crippen LogP contribution in [0, 0.1) is 27.7 Å². The SMILES string of the molecule is CC[C@@H](C)NC(=O)c1cc(-c2ccc(C)c(C)c2)nn1-c1ccc(C)cc1C. The molecule has 2 aromatic carbocycles. The van der Waals surface area contributed by atoms with Gasteiger partial charge in [-0.15, -0.1) is 0 Å². The molecule has 3 rings (SSSR count). The monoisotopic (exact) mass is 375 g/mol. The highest BCUT2D eigenvalue weighted by Crippen LogP contribution is 2.25. The van der Waals surface area contributed by atoms with Gasteiger partial charge in [-0.2, -0.15) is 5.10 Å². The molecule has 4 nitrogen and oxygen atoms in total. The third-order valence-corrected chi connectivity index (χ3v) is 5.32. The standard InChI is InChI=1S/C24H29N3O/c1-7-19(6)25-24(28)23-14-21(20-10-9-16(3)17(4)13-20)26-27(23)22-11-8-15(2)12-18(22)5/h8-14,19H,7H2,1-6H3,(H,25,28)/t19-/m1/s1. The van der Waals surface area contributed by atoms with E-state index >= 15 is 0 Å². The molecule has 1 aromatic heterocycles. The highest BCUT2D eigenvalue weighted by atomic mass is 16.2. The molecular weight excluding hydrogens is 346 g/mol. The van der Waals surface area contributed by atoms with Crippen LogP contribution in [-0.4, -0.2) is 21.7 Å². The number of aromatic nitrogens is 2. The molecule has 0 saturated heterocycles. The van der Waals surface area contributed by atoms with Crippen molar-refractivity contribution in [1.29, 1.82) is 0 Å². The fraction of sp³-hybridized carbons (Fsp3) is 0.333. The third kappa shape index (κ3) is 4.01. The number of nitrogens with zero attached hydrogens (tertiary/aromatic N) is 2. The predicted molar refractivity (Wildman–Crippen MR) is 115 cm³/mol. The summed E-state index contributed by atoms with van der Waals surface area (Å²) in [6.07, 6.45) is 0.882. The minimum absolute atomic E-state index is 0.100. The van der Waals surface area contributed by atoms with Crippen molar-refractivity contribution >= 4 is 5.91 Å². The number of hydrogen-bond donors (Lipinski definition) is 1. The number of carbonyl (C=O) groups excluding carboxylic acids is 1. The first-order valence-electron chi connectivity index (χ1n) is 9.86. The van der Waals surface area contributed by atoms with Crippen LogP contribution in [0.5, 0.6) is 0 Å². The molecular formula is C24H29N3O. The van der Waals surface area contributed by atoms with E-state index in [2.05, 4.69) is 70.3 Å². The number of amides is 1. The van der Waals surface area contributed by atoms with Crippen molar-refractivity contribution in [3.05, 3.63) is 70.4 Å². The summed E-state index contributed by atoms with van der Waals surface area (Å²) >= 11 is 0. The Morgan fingerprint density at radius 2 is 1.75 bits per heavy atom. The fourth-order valence-electron chi connectivity index (χ4n) is 3.21. The van der Waals surface area contributed by atoms with Gasteiger partial charge in [0.25, 0.3) is 5.91 Å². The van der Waals surface area contributed by atoms with E-state index in [1.54, 1.807) is 4.68 Å². The zero-order chi connectivity index (χ0) is 20.4. The molecule has 0 aliphatic carbocycles. The van der Waals surface area contributed by atoms with Gasteiger partial charge in [-0.3, -0.25) is 4.79 Å². The molecule has 0 bridgehead atoms. The lowest BCUT2D eigenvalue weighted by atomic mass is 10.0. The average Bonchev–Trinajstić information content (AvgIpc) is 3.09. The van der Waals surface area contributed by atoms with Gasteiger partial charge < -0.3 is 5.32 Å². The normalized spacial score (nSPS) is 12.1. The van der Waals surface area contributed by atoms with Crippen LogP contribution < -0.4 is 5.32 Å². The van der Waals surface area contributed by atoms with Gasteiger partial charge in [0.1, 0.15) is 5.69 Å². The van der Waals surface area contributed by atoms with Gasteiger partial charge in [-0.05, 0) is 75.9 Å². The summed E-state index contributed by atoms with van der Waals surface area (Å²) in [6.45, 7) is 12.4. The van der Waals surface area contributed by atoms with Crippen molar-refractivity contribution in [2.45, 2.75) is 54.0 Å². The minimum atomic E-state index is -0.100. The van der Waals surface area contributed by atoms with Crippen molar-refractivity contribution in [1.82, 2.24) is 15.1 Å². The number of nitrogens with one attached hydrogen (secondary N) is 1. The molecule has 28 heavy (non-hydrogen) atoms. The highest BCUT2D eigenvalue weighted by molar-refractivity contribution is 5.94. The van der Waals surface area contributed by atoms with E-state index in [1.807, 2.05) is 19.1 Å². The van der Waals surface area contributed by atoms with Crippen molar-refractivity contribution in [2.75, 3.05) is 0 Å². The average molecular weight is 376 g/mol. The lowest BCUT2D eigenvalue weighted by Gasteiger charge is -2.14. The Balaban J connectivity index is 2.14. The van der Waals surface area contributed by atoms with E-state index < -0.39 is 0 Å². The van der Waals surface area contributed by atoms with Crippen LogP contribution in [-0.2, 0) is 0 Å². The Bertz CT molecular complexity index is 1020. The van der Waals surface area contributed by atoms with E-state index in [4.69, 9.17) is 5.10 Å². The van der Waals surface area contributed by atoms with Gasteiger partial charge >= 0.3 is 0 Å². The minimum Gasteiger partial charge on any atom is -0.348 e. The number of aryl methyl sites for hydroxylation is 4. The Labute approximate surface area is 167 Å². The smallest absolute Gasteiger partial charge is 0.270 e. The Morgan fingerprint density at radius 3 is 2.39 bits per heavy atom. The molecule has 1 atom stereocenters. The molecule has 3 aromatic rings. The second-order valence-corrected chi connectivity index (χ2v) is 7.70. The summed E-state index contributed by atoms with van der Waals surface area (Å²) < 4.78 is 1.77. The molecule has 1 amide bonds. The first-order valence-corrected chi connectivity index (χ1v) is 9.86. The van der Waals surface area contributed by atoms with E-state index in [0.717, 1.165) is 28.9 Å². The summed E-state index contributed by atoms with van der Waals surface area (Å²) in [6, 6.07) is 14.5. The number of rotatable bonds is 5. The molecule has 0 aliphatic rings. The van der Waals surface area contributed by atoms with Crippen molar-refractivity contribution < 1.29 is 4.79 Å². The topological polar surface area (TPSA) is 46.9 Å². The van der Waals surface area contributed by atoms with Crippen molar-refractivity contribution in [3.8, 4) is 16.9 Å². The maximum atomic E-state index is 13.0. The zero-order valence-electron chi connectivity index (χ0n) is 17.6. The van der Waals surface area contributed by atoms with Gasteiger partial charge in [0.15, 0.2) is 0 Å². The molecule has 0 spiro atoms. The summed E-state index contributed by atoms with van der Waals surface area (Å²) in [7, 11) is 0. The zero-order valence-corrected chi connectivity index (χ0v) is 17.6. The Hall–Kier alpha value is -2.88. The van der Waals surface area contributed by atoms with Crippen molar-refractivity contribution in [2.24, 2.45) is 0 Å². The van der Waals surface area contributed by atoms with Crippen molar-refractivity contribution in [3.63, 3.8) is 0 Å². The Morgan fingerprint density at radius 1 is 1.00 bits per heavy atom. The summed E-state index contributed by atoms with van der Waals surface area (Å²) in [5.74, 6) is -0.100. The van der Waals surface area contributed by atoms with Crippen LogP contribution in [0.15, 0.2) is 42.5 Å². The quantitative estimate of drug-likeness (QED) is 0.658. The lowest BCUT2D eigenvalue weighted by Crippen LogP contribution is -2.33. The maximum absolute atomic E-state index is 13.0. The number of hydrogen-bond acceptors (Lipinski definition) is 2. The van der Waals surface area contributed by atoms with Crippen LogP contribution in [0.3, 0.4) is 0 Å². The summed E-state index contributed by atoms with van der Waals surface area (Å²) in [5.41, 5.74) is 8.04. The molecule has 0 radical (unpaired) electrons. The first-order chi connectivity index (χ1) is 13.3. The van der Waals surface area contributed by atoms with E-state index in [9.17, 15) is 4.79 Å². The van der Waals surface area contributed by atoms with Gasteiger partial charge in [-0.25, -0.2) is 4.68 Å². The molecule has 0 unspecified atom stereocenters. The van der Waals surface area contributed by atoms with Crippen LogP contribution in [0.2, 0.25) is 0 Å². The van der Waals surface area contributed by atoms with Crippen LogP contribution in [0.4, 0.5) is 0 Å². The molecule has 146 valence electrons.